The van der Waals surface area contributed by atoms with Crippen molar-refractivity contribution in [3.63, 3.8) is 0 Å². The first-order valence-electron chi connectivity index (χ1n) is 5.31. The van der Waals surface area contributed by atoms with Crippen LogP contribution in [0.1, 0.15) is 6.92 Å². The van der Waals surface area contributed by atoms with Gasteiger partial charge in [0.15, 0.2) is 0 Å². The number of nitro benzene ring substituents is 1. The van der Waals surface area contributed by atoms with Gasteiger partial charge in [0, 0.05) is 22.6 Å². The second-order valence-corrected chi connectivity index (χ2v) is 5.71. The average molecular weight is 320 g/mol. The van der Waals surface area contributed by atoms with E-state index in [9.17, 15) is 23.3 Å². The van der Waals surface area contributed by atoms with E-state index in [4.69, 9.17) is 11.6 Å². The minimum absolute atomic E-state index is 0.0266. The smallest absolute Gasteiger partial charge is 0.331 e. The molecule has 0 aliphatic rings. The van der Waals surface area contributed by atoms with E-state index in [0.717, 1.165) is 12.1 Å². The first kappa shape index (κ1) is 16.1. The summed E-state index contributed by atoms with van der Waals surface area (Å²) in [7, 11) is -4.18. The number of esters is 1. The number of rotatable bonds is 5. The van der Waals surface area contributed by atoms with Crippen LogP contribution < -0.4 is 0 Å². The van der Waals surface area contributed by atoms with Crippen molar-refractivity contribution in [2.75, 3.05) is 6.61 Å². The van der Waals surface area contributed by atoms with Crippen molar-refractivity contribution in [1.29, 1.82) is 0 Å². The number of carbonyl (C=O) groups is 1. The molecule has 0 unspecified atom stereocenters. The summed E-state index contributed by atoms with van der Waals surface area (Å²) < 4.78 is 28.4. The fraction of sp³-hybridized carbons (Fsp3) is 0.182. The van der Waals surface area contributed by atoms with Gasteiger partial charge in [-0.1, -0.05) is 11.6 Å². The third kappa shape index (κ3) is 4.04. The topological polar surface area (TPSA) is 104 Å². The summed E-state index contributed by atoms with van der Waals surface area (Å²) >= 11 is 5.64. The normalized spacial score (nSPS) is 11.5. The van der Waals surface area contributed by atoms with Crippen LogP contribution in [0.3, 0.4) is 0 Å². The summed E-state index contributed by atoms with van der Waals surface area (Å²) in [6.45, 7) is 1.64. The Labute approximate surface area is 119 Å². The molecule has 9 heteroatoms. The van der Waals surface area contributed by atoms with E-state index in [1.165, 1.54) is 6.07 Å². The van der Waals surface area contributed by atoms with Crippen LogP contribution in [-0.2, 0) is 19.4 Å². The van der Waals surface area contributed by atoms with Crippen molar-refractivity contribution in [2.24, 2.45) is 0 Å². The van der Waals surface area contributed by atoms with E-state index in [1.54, 1.807) is 6.92 Å². The van der Waals surface area contributed by atoms with Gasteiger partial charge in [-0.3, -0.25) is 10.1 Å². The molecule has 0 saturated carbocycles. The van der Waals surface area contributed by atoms with Gasteiger partial charge in [0.2, 0.25) is 9.84 Å². The Bertz CT molecular complexity index is 667. The fourth-order valence-electron chi connectivity index (χ4n) is 1.28. The minimum Gasteiger partial charge on any atom is -0.463 e. The molecule has 0 aliphatic heterocycles. The number of benzene rings is 1. The molecule has 1 aromatic rings. The van der Waals surface area contributed by atoms with E-state index in [-0.39, 0.29) is 11.6 Å². The van der Waals surface area contributed by atoms with Crippen LogP contribution in [-0.4, -0.2) is 25.9 Å². The van der Waals surface area contributed by atoms with Gasteiger partial charge in [-0.25, -0.2) is 13.2 Å². The van der Waals surface area contributed by atoms with Crippen molar-refractivity contribution in [3.05, 3.63) is 44.8 Å². The summed E-state index contributed by atoms with van der Waals surface area (Å²) in [5, 5.41) is 11.4. The van der Waals surface area contributed by atoms with Crippen LogP contribution >= 0.6 is 11.6 Å². The third-order valence-electron chi connectivity index (χ3n) is 2.09. The Morgan fingerprint density at radius 1 is 1.50 bits per heavy atom. The zero-order valence-electron chi connectivity index (χ0n) is 10.3. The molecule has 20 heavy (non-hydrogen) atoms. The summed E-state index contributed by atoms with van der Waals surface area (Å²) in [4.78, 5) is 20.4. The van der Waals surface area contributed by atoms with Crippen molar-refractivity contribution >= 4 is 33.1 Å². The Hall–Kier alpha value is -1.93. The number of carbonyl (C=O) groups excluding carboxylic acids is 1. The zero-order chi connectivity index (χ0) is 15.3. The number of halogens is 1. The lowest BCUT2D eigenvalue weighted by molar-refractivity contribution is -0.387. The second kappa shape index (κ2) is 6.49. The lowest BCUT2D eigenvalue weighted by atomic mass is 10.3. The highest BCUT2D eigenvalue weighted by Gasteiger charge is 2.24. The lowest BCUT2D eigenvalue weighted by Crippen LogP contribution is -2.04. The Balaban J connectivity index is 3.25. The number of sulfone groups is 1. The highest BCUT2D eigenvalue weighted by atomic mass is 35.5. The van der Waals surface area contributed by atoms with E-state index in [1.807, 2.05) is 0 Å². The lowest BCUT2D eigenvalue weighted by Gasteiger charge is -2.02. The van der Waals surface area contributed by atoms with Crippen LogP contribution in [0.2, 0.25) is 5.02 Å². The second-order valence-electron chi connectivity index (χ2n) is 3.47. The predicted octanol–water partition coefficient (Wildman–Crippen LogP) is 2.10. The van der Waals surface area contributed by atoms with E-state index >= 15 is 0 Å². The summed E-state index contributed by atoms with van der Waals surface area (Å²) in [6, 6.07) is 3.13. The molecular formula is C11H10ClNO6S. The minimum atomic E-state index is -4.18. The molecule has 0 N–H and O–H groups in total. The van der Waals surface area contributed by atoms with Gasteiger partial charge in [-0.05, 0) is 19.1 Å². The maximum atomic E-state index is 12.0. The van der Waals surface area contributed by atoms with E-state index in [0.29, 0.717) is 11.5 Å². The molecule has 0 heterocycles. The van der Waals surface area contributed by atoms with E-state index in [2.05, 4.69) is 4.74 Å². The zero-order valence-corrected chi connectivity index (χ0v) is 11.8. The van der Waals surface area contributed by atoms with Crippen LogP contribution in [0.4, 0.5) is 5.69 Å². The Morgan fingerprint density at radius 2 is 2.15 bits per heavy atom. The molecule has 0 spiro atoms. The standard InChI is InChI=1S/C11H10ClNO6S/c1-2-19-11(14)5-6-20(17,18)10-7-8(12)3-4-9(10)13(15)16/h3-7H,2H2,1H3/b6-5-. The number of hydrogen-bond acceptors (Lipinski definition) is 6. The first-order chi connectivity index (χ1) is 9.27. The maximum absolute atomic E-state index is 12.0. The SMILES string of the molecule is CCOC(=O)/C=C\S(=O)(=O)c1cc(Cl)ccc1[N+](=O)[O-]. The van der Waals surface area contributed by atoms with Crippen LogP contribution in [0, 0.1) is 10.1 Å². The molecule has 0 radical (unpaired) electrons. The predicted molar refractivity (Wildman–Crippen MR) is 71.1 cm³/mol. The average Bonchev–Trinajstić information content (AvgIpc) is 2.36. The van der Waals surface area contributed by atoms with Crippen LogP contribution in [0.5, 0.6) is 0 Å². The van der Waals surface area contributed by atoms with Gasteiger partial charge in [0.25, 0.3) is 5.69 Å². The summed E-state index contributed by atoms with van der Waals surface area (Å²) in [6.07, 6.45) is 0.684. The summed E-state index contributed by atoms with van der Waals surface area (Å²) in [5.74, 6) is -0.860. The monoisotopic (exact) mass is 319 g/mol. The molecule has 0 saturated heterocycles. The van der Waals surface area contributed by atoms with Crippen molar-refractivity contribution in [3.8, 4) is 0 Å². The number of nitrogens with zero attached hydrogens (tertiary/aromatic N) is 1. The highest BCUT2D eigenvalue weighted by Crippen LogP contribution is 2.28. The highest BCUT2D eigenvalue weighted by molar-refractivity contribution is 7.94. The number of ether oxygens (including phenoxy) is 1. The molecule has 1 rings (SSSR count). The first-order valence-corrected chi connectivity index (χ1v) is 7.24. The number of hydrogen-bond donors (Lipinski definition) is 0. The van der Waals surface area contributed by atoms with Gasteiger partial charge in [0.1, 0.15) is 4.90 Å². The van der Waals surface area contributed by atoms with Crippen molar-refractivity contribution < 1.29 is 22.9 Å². The summed E-state index contributed by atoms with van der Waals surface area (Å²) in [5.41, 5.74) is -0.622. The molecule has 0 fully saturated rings. The van der Waals surface area contributed by atoms with Gasteiger partial charge in [0.05, 0.1) is 11.5 Å². The van der Waals surface area contributed by atoms with Gasteiger partial charge < -0.3 is 4.74 Å². The molecule has 1 aromatic carbocycles. The van der Waals surface area contributed by atoms with Crippen LogP contribution in [0.25, 0.3) is 0 Å². The molecule has 0 amide bonds. The van der Waals surface area contributed by atoms with Crippen molar-refractivity contribution in [2.45, 2.75) is 11.8 Å². The number of nitro groups is 1. The molecule has 0 aliphatic carbocycles. The molecule has 0 atom stereocenters. The molecule has 108 valence electrons. The molecular weight excluding hydrogens is 310 g/mol. The quantitative estimate of drug-likeness (QED) is 0.356. The molecule has 0 bridgehead atoms. The van der Waals surface area contributed by atoms with Gasteiger partial charge in [-0.15, -0.1) is 0 Å². The van der Waals surface area contributed by atoms with E-state index < -0.39 is 31.3 Å². The van der Waals surface area contributed by atoms with Crippen molar-refractivity contribution in [1.82, 2.24) is 0 Å². The Kier molecular flexibility index (Phi) is 5.23. The van der Waals surface area contributed by atoms with Gasteiger partial charge in [-0.2, -0.15) is 0 Å². The van der Waals surface area contributed by atoms with Crippen LogP contribution in [0.15, 0.2) is 34.6 Å². The van der Waals surface area contributed by atoms with Gasteiger partial charge >= 0.3 is 5.97 Å². The molecule has 0 aromatic heterocycles. The maximum Gasteiger partial charge on any atom is 0.331 e. The fourth-order valence-corrected chi connectivity index (χ4v) is 2.67. The molecule has 7 nitrogen and oxygen atoms in total. The largest absolute Gasteiger partial charge is 0.463 e. The third-order valence-corrected chi connectivity index (χ3v) is 3.76. The Morgan fingerprint density at radius 3 is 2.70 bits per heavy atom.